The number of anilines is 1. The van der Waals surface area contributed by atoms with Gasteiger partial charge in [-0.05, 0) is 30.2 Å². The zero-order valence-corrected chi connectivity index (χ0v) is 13.3. The molecule has 1 radical (unpaired) electrons. The maximum Gasteiger partial charge on any atom is 0.231 e. The van der Waals surface area contributed by atoms with Gasteiger partial charge in [0.05, 0.1) is 6.42 Å². The minimum Gasteiger partial charge on any atom is -0.312 e. The number of carbonyl (C=O) groups excluding carboxylic acids is 1. The lowest BCUT2D eigenvalue weighted by atomic mass is 10.1. The van der Waals surface area contributed by atoms with Crippen molar-refractivity contribution in [3.8, 4) is 0 Å². The van der Waals surface area contributed by atoms with Crippen LogP contribution in [0.1, 0.15) is 38.2 Å². The molecule has 2 heteroatoms. The first kappa shape index (κ1) is 16.3. The summed E-state index contributed by atoms with van der Waals surface area (Å²) >= 11 is 0. The highest BCUT2D eigenvalue weighted by Gasteiger charge is 2.15. The topological polar surface area (TPSA) is 20.3 Å². The summed E-state index contributed by atoms with van der Waals surface area (Å²) in [7, 11) is 0. The summed E-state index contributed by atoms with van der Waals surface area (Å²) in [6, 6.07) is 20.6. The molecular weight excluding hydrogens is 270 g/mol. The van der Waals surface area contributed by atoms with Crippen molar-refractivity contribution in [2.75, 3.05) is 11.4 Å². The molecule has 0 heterocycles. The lowest BCUT2D eigenvalue weighted by Gasteiger charge is -2.23. The molecule has 2 rings (SSSR count). The van der Waals surface area contributed by atoms with Crippen LogP contribution in [0, 0.1) is 6.07 Å². The highest BCUT2D eigenvalue weighted by atomic mass is 16.2. The third-order valence-corrected chi connectivity index (χ3v) is 3.75. The molecule has 0 bridgehead atoms. The van der Waals surface area contributed by atoms with E-state index < -0.39 is 0 Å². The van der Waals surface area contributed by atoms with Gasteiger partial charge in [0, 0.05) is 12.2 Å². The van der Waals surface area contributed by atoms with Crippen molar-refractivity contribution in [1.29, 1.82) is 0 Å². The Labute approximate surface area is 133 Å². The van der Waals surface area contributed by atoms with Crippen LogP contribution in [-0.4, -0.2) is 12.5 Å². The normalized spacial score (nSPS) is 10.4. The van der Waals surface area contributed by atoms with Gasteiger partial charge in [0.2, 0.25) is 5.91 Å². The third-order valence-electron chi connectivity index (χ3n) is 3.75. The van der Waals surface area contributed by atoms with Gasteiger partial charge in [-0.2, -0.15) is 0 Å². The monoisotopic (exact) mass is 294 g/mol. The zero-order valence-electron chi connectivity index (χ0n) is 13.3. The molecule has 22 heavy (non-hydrogen) atoms. The number of hydrogen-bond donors (Lipinski definition) is 0. The Hall–Kier alpha value is -2.09. The Morgan fingerprint density at radius 2 is 1.73 bits per heavy atom. The third kappa shape index (κ3) is 5.03. The molecule has 2 aromatic carbocycles. The van der Waals surface area contributed by atoms with E-state index in [9.17, 15) is 4.79 Å². The number of nitrogens with zero attached hydrogens (tertiary/aromatic N) is 1. The van der Waals surface area contributed by atoms with Gasteiger partial charge in [0.25, 0.3) is 0 Å². The second-order valence-electron chi connectivity index (χ2n) is 5.53. The maximum absolute atomic E-state index is 12.7. The maximum atomic E-state index is 12.7. The van der Waals surface area contributed by atoms with E-state index in [1.54, 1.807) is 0 Å². The highest BCUT2D eigenvalue weighted by Crippen LogP contribution is 2.16. The van der Waals surface area contributed by atoms with Crippen molar-refractivity contribution in [2.24, 2.45) is 0 Å². The fraction of sp³-hybridized carbons (Fsp3) is 0.350. The van der Waals surface area contributed by atoms with Crippen LogP contribution >= 0.6 is 0 Å². The van der Waals surface area contributed by atoms with Gasteiger partial charge in [-0.15, -0.1) is 0 Å². The lowest BCUT2D eigenvalue weighted by Crippen LogP contribution is -2.33. The van der Waals surface area contributed by atoms with Crippen molar-refractivity contribution < 1.29 is 4.79 Å². The fourth-order valence-electron chi connectivity index (χ4n) is 2.52. The summed E-state index contributed by atoms with van der Waals surface area (Å²) in [6.07, 6.45) is 5.10. The molecule has 0 aromatic heterocycles. The largest absolute Gasteiger partial charge is 0.312 e. The molecule has 2 aromatic rings. The lowest BCUT2D eigenvalue weighted by molar-refractivity contribution is -0.118. The van der Waals surface area contributed by atoms with Gasteiger partial charge < -0.3 is 4.90 Å². The highest BCUT2D eigenvalue weighted by molar-refractivity contribution is 5.94. The van der Waals surface area contributed by atoms with E-state index in [0.717, 1.165) is 24.2 Å². The summed E-state index contributed by atoms with van der Waals surface area (Å²) < 4.78 is 0. The summed E-state index contributed by atoms with van der Waals surface area (Å²) in [6.45, 7) is 2.99. The average Bonchev–Trinajstić information content (AvgIpc) is 2.56. The van der Waals surface area contributed by atoms with Crippen molar-refractivity contribution in [2.45, 2.75) is 39.0 Å². The Bertz CT molecular complexity index is 550. The standard InChI is InChI=1S/C20H24NO/c1-2-3-4-11-16-21(19-14-9-6-10-15-19)20(22)17-18-12-7-5-8-13-18/h5,7-10,12-15H,2-4,11,16-17H2,1H3. The number of benzene rings is 2. The Balaban J connectivity index is 2.04. The molecule has 0 spiro atoms. The molecule has 0 unspecified atom stereocenters. The molecule has 1 amide bonds. The zero-order chi connectivity index (χ0) is 15.6. The van der Waals surface area contributed by atoms with Crippen LogP contribution in [0.4, 0.5) is 5.69 Å². The minimum atomic E-state index is 0.161. The molecule has 0 atom stereocenters. The molecular formula is C20H24NO. The van der Waals surface area contributed by atoms with Crippen LogP contribution in [0.5, 0.6) is 0 Å². The Kier molecular flexibility index (Phi) is 6.69. The molecule has 0 aliphatic heterocycles. The van der Waals surface area contributed by atoms with Gasteiger partial charge >= 0.3 is 0 Å². The van der Waals surface area contributed by atoms with Crippen molar-refractivity contribution in [3.05, 3.63) is 66.2 Å². The first-order chi connectivity index (χ1) is 10.8. The molecule has 0 N–H and O–H groups in total. The van der Waals surface area contributed by atoms with Gasteiger partial charge in [-0.25, -0.2) is 0 Å². The summed E-state index contributed by atoms with van der Waals surface area (Å²) in [5.41, 5.74) is 2.03. The SMILES string of the molecule is CCCCCCN(C(=O)Cc1ccccc1)c1cc[c]cc1. The fourth-order valence-corrected chi connectivity index (χ4v) is 2.52. The predicted octanol–water partition coefficient (Wildman–Crippen LogP) is 4.64. The van der Waals surface area contributed by atoms with Crippen LogP contribution in [0.2, 0.25) is 0 Å². The predicted molar refractivity (Wildman–Crippen MR) is 91.9 cm³/mol. The first-order valence-electron chi connectivity index (χ1n) is 8.11. The van der Waals surface area contributed by atoms with Crippen LogP contribution in [0.15, 0.2) is 54.6 Å². The van der Waals surface area contributed by atoms with Gasteiger partial charge in [0.15, 0.2) is 0 Å². The molecule has 115 valence electrons. The van der Waals surface area contributed by atoms with Crippen LogP contribution < -0.4 is 4.90 Å². The van der Waals surface area contributed by atoms with E-state index in [-0.39, 0.29) is 5.91 Å². The van der Waals surface area contributed by atoms with E-state index in [1.165, 1.54) is 19.3 Å². The number of rotatable bonds is 8. The van der Waals surface area contributed by atoms with Crippen molar-refractivity contribution in [1.82, 2.24) is 0 Å². The van der Waals surface area contributed by atoms with Gasteiger partial charge in [-0.1, -0.05) is 68.7 Å². The van der Waals surface area contributed by atoms with E-state index in [0.29, 0.717) is 6.42 Å². The molecule has 0 saturated carbocycles. The van der Waals surface area contributed by atoms with Crippen molar-refractivity contribution >= 4 is 11.6 Å². The van der Waals surface area contributed by atoms with Gasteiger partial charge in [0.1, 0.15) is 0 Å². The summed E-state index contributed by atoms with van der Waals surface area (Å²) in [5.74, 6) is 0.161. The smallest absolute Gasteiger partial charge is 0.231 e. The minimum absolute atomic E-state index is 0.161. The first-order valence-corrected chi connectivity index (χ1v) is 8.11. The Morgan fingerprint density at radius 3 is 2.41 bits per heavy atom. The molecule has 0 fully saturated rings. The van der Waals surface area contributed by atoms with Gasteiger partial charge in [-0.3, -0.25) is 4.79 Å². The Morgan fingerprint density at radius 1 is 1.00 bits per heavy atom. The number of amides is 1. The second-order valence-corrected chi connectivity index (χ2v) is 5.53. The van der Waals surface area contributed by atoms with E-state index in [4.69, 9.17) is 0 Å². The van der Waals surface area contributed by atoms with E-state index in [1.807, 2.05) is 59.5 Å². The average molecular weight is 294 g/mol. The van der Waals surface area contributed by atoms with Crippen LogP contribution in [-0.2, 0) is 11.2 Å². The quantitative estimate of drug-likeness (QED) is 0.649. The van der Waals surface area contributed by atoms with E-state index >= 15 is 0 Å². The number of hydrogen-bond acceptors (Lipinski definition) is 1. The summed E-state index contributed by atoms with van der Waals surface area (Å²) in [4.78, 5) is 14.6. The van der Waals surface area contributed by atoms with Crippen molar-refractivity contribution in [3.63, 3.8) is 0 Å². The number of carbonyl (C=O) groups is 1. The number of unbranched alkanes of at least 4 members (excludes halogenated alkanes) is 3. The molecule has 0 aliphatic rings. The molecule has 0 saturated heterocycles. The van der Waals surface area contributed by atoms with E-state index in [2.05, 4.69) is 13.0 Å². The molecule has 2 nitrogen and oxygen atoms in total. The second kappa shape index (κ2) is 9.04. The van der Waals surface area contributed by atoms with Crippen LogP contribution in [0.25, 0.3) is 0 Å². The summed E-state index contributed by atoms with van der Waals surface area (Å²) in [5, 5.41) is 0. The van der Waals surface area contributed by atoms with Crippen LogP contribution in [0.3, 0.4) is 0 Å². The molecule has 0 aliphatic carbocycles.